The summed E-state index contributed by atoms with van der Waals surface area (Å²) in [6, 6.07) is 3.84. The molecule has 0 bridgehead atoms. The number of anilines is 1. The molecule has 0 spiro atoms. The first kappa shape index (κ1) is 9.03. The standard InChI is InChI=1S/C9H8BrClN2/c1-5-12-4-6-8(13-5)3-2-7(11)9(6)10/h2-3H,4H2,1H3,(H,12,13). The number of rotatable bonds is 0. The summed E-state index contributed by atoms with van der Waals surface area (Å²) in [4.78, 5) is 4.29. The zero-order valence-corrected chi connectivity index (χ0v) is 9.41. The zero-order chi connectivity index (χ0) is 9.42. The molecule has 0 unspecified atom stereocenters. The van der Waals surface area contributed by atoms with Crippen LogP contribution in [0, 0.1) is 0 Å². The van der Waals surface area contributed by atoms with Crippen molar-refractivity contribution in [2.75, 3.05) is 5.32 Å². The van der Waals surface area contributed by atoms with Gasteiger partial charge in [-0.05, 0) is 35.0 Å². The molecule has 4 heteroatoms. The molecule has 0 fully saturated rings. The van der Waals surface area contributed by atoms with Gasteiger partial charge in [0.2, 0.25) is 0 Å². The maximum absolute atomic E-state index is 5.96. The largest absolute Gasteiger partial charge is 0.344 e. The van der Waals surface area contributed by atoms with Crippen LogP contribution in [0.3, 0.4) is 0 Å². The Kier molecular flexibility index (Phi) is 2.30. The zero-order valence-electron chi connectivity index (χ0n) is 7.06. The molecule has 0 radical (unpaired) electrons. The summed E-state index contributed by atoms with van der Waals surface area (Å²) >= 11 is 9.40. The van der Waals surface area contributed by atoms with E-state index in [4.69, 9.17) is 11.6 Å². The lowest BCUT2D eigenvalue weighted by atomic mass is 10.1. The second-order valence-electron chi connectivity index (χ2n) is 2.91. The maximum Gasteiger partial charge on any atom is 0.0979 e. The van der Waals surface area contributed by atoms with Gasteiger partial charge in [-0.15, -0.1) is 0 Å². The van der Waals surface area contributed by atoms with Crippen molar-refractivity contribution in [1.82, 2.24) is 0 Å². The molecule has 1 aliphatic heterocycles. The van der Waals surface area contributed by atoms with Gasteiger partial charge in [0.05, 0.1) is 17.4 Å². The van der Waals surface area contributed by atoms with Gasteiger partial charge in [0.1, 0.15) is 0 Å². The average Bonchev–Trinajstić information content (AvgIpc) is 2.12. The highest BCUT2D eigenvalue weighted by Crippen LogP contribution is 2.33. The van der Waals surface area contributed by atoms with Gasteiger partial charge in [-0.3, -0.25) is 4.99 Å². The van der Waals surface area contributed by atoms with E-state index in [2.05, 4.69) is 26.2 Å². The topological polar surface area (TPSA) is 24.4 Å². The first-order chi connectivity index (χ1) is 6.18. The van der Waals surface area contributed by atoms with Gasteiger partial charge in [-0.2, -0.15) is 0 Å². The molecule has 2 nitrogen and oxygen atoms in total. The molecule has 2 rings (SSSR count). The second kappa shape index (κ2) is 3.31. The number of fused-ring (bicyclic) bond motifs is 1. The van der Waals surface area contributed by atoms with Crippen molar-refractivity contribution in [2.45, 2.75) is 13.5 Å². The highest BCUT2D eigenvalue weighted by molar-refractivity contribution is 9.10. The van der Waals surface area contributed by atoms with Crippen LogP contribution in [0.25, 0.3) is 0 Å². The molecule has 1 aromatic carbocycles. The molecule has 0 saturated carbocycles. The fourth-order valence-corrected chi connectivity index (χ4v) is 1.94. The number of nitrogens with one attached hydrogen (secondary N) is 1. The van der Waals surface area contributed by atoms with Crippen molar-refractivity contribution < 1.29 is 0 Å². The molecule has 0 aliphatic carbocycles. The Morgan fingerprint density at radius 3 is 3.08 bits per heavy atom. The number of hydrogen-bond donors (Lipinski definition) is 1. The van der Waals surface area contributed by atoms with Crippen molar-refractivity contribution in [3.63, 3.8) is 0 Å². The molecule has 0 atom stereocenters. The third-order valence-electron chi connectivity index (χ3n) is 1.99. The smallest absolute Gasteiger partial charge is 0.0979 e. The number of benzene rings is 1. The molecule has 0 saturated heterocycles. The lowest BCUT2D eigenvalue weighted by Crippen LogP contribution is -2.14. The molecule has 0 aromatic heterocycles. The number of nitrogens with zero attached hydrogens (tertiary/aromatic N) is 1. The molecular weight excluding hydrogens is 251 g/mol. The Morgan fingerprint density at radius 2 is 2.31 bits per heavy atom. The van der Waals surface area contributed by atoms with Crippen LogP contribution in [-0.4, -0.2) is 5.84 Å². The van der Waals surface area contributed by atoms with Crippen LogP contribution in [0.15, 0.2) is 21.6 Å². The van der Waals surface area contributed by atoms with Crippen molar-refractivity contribution in [2.24, 2.45) is 4.99 Å². The third-order valence-corrected chi connectivity index (χ3v) is 3.44. The Balaban J connectivity index is 2.53. The van der Waals surface area contributed by atoms with E-state index in [9.17, 15) is 0 Å². The quantitative estimate of drug-likeness (QED) is 0.758. The Morgan fingerprint density at radius 1 is 1.54 bits per heavy atom. The summed E-state index contributed by atoms with van der Waals surface area (Å²) in [7, 11) is 0. The lowest BCUT2D eigenvalue weighted by molar-refractivity contribution is 1.04. The number of halogens is 2. The highest BCUT2D eigenvalue weighted by atomic mass is 79.9. The van der Waals surface area contributed by atoms with E-state index >= 15 is 0 Å². The van der Waals surface area contributed by atoms with Gasteiger partial charge in [-0.25, -0.2) is 0 Å². The summed E-state index contributed by atoms with van der Waals surface area (Å²) in [6.07, 6.45) is 0. The van der Waals surface area contributed by atoms with Gasteiger partial charge in [-0.1, -0.05) is 11.6 Å². The van der Waals surface area contributed by atoms with Gasteiger partial charge in [0.25, 0.3) is 0 Å². The third kappa shape index (κ3) is 1.58. The maximum atomic E-state index is 5.96. The minimum Gasteiger partial charge on any atom is -0.344 e. The minimum absolute atomic E-state index is 0.690. The predicted molar refractivity (Wildman–Crippen MR) is 59.6 cm³/mol. The molecule has 0 amide bonds. The summed E-state index contributed by atoms with van der Waals surface area (Å²) in [6.45, 7) is 2.64. The predicted octanol–water partition coefficient (Wildman–Crippen LogP) is 3.45. The van der Waals surface area contributed by atoms with E-state index in [0.717, 1.165) is 26.6 Å². The van der Waals surface area contributed by atoms with Gasteiger partial charge in [0.15, 0.2) is 0 Å². The van der Waals surface area contributed by atoms with E-state index in [-0.39, 0.29) is 0 Å². The van der Waals surface area contributed by atoms with Crippen molar-refractivity contribution >= 4 is 39.1 Å². The van der Waals surface area contributed by atoms with Crippen LogP contribution in [0.1, 0.15) is 12.5 Å². The summed E-state index contributed by atoms with van der Waals surface area (Å²) in [5.41, 5.74) is 2.21. The fraction of sp³-hybridized carbons (Fsp3) is 0.222. The first-order valence-corrected chi connectivity index (χ1v) is 5.10. The molecule has 1 aromatic rings. The molecule has 68 valence electrons. The first-order valence-electron chi connectivity index (χ1n) is 3.93. The van der Waals surface area contributed by atoms with Crippen LogP contribution < -0.4 is 5.32 Å². The molecular formula is C9H8BrClN2. The normalized spacial score (nSPS) is 14.5. The second-order valence-corrected chi connectivity index (χ2v) is 4.11. The molecule has 1 aliphatic rings. The van der Waals surface area contributed by atoms with Crippen molar-refractivity contribution in [3.8, 4) is 0 Å². The van der Waals surface area contributed by atoms with Gasteiger partial charge in [0, 0.05) is 15.7 Å². The highest BCUT2D eigenvalue weighted by Gasteiger charge is 2.13. The van der Waals surface area contributed by atoms with Crippen LogP contribution >= 0.6 is 27.5 Å². The van der Waals surface area contributed by atoms with E-state index < -0.39 is 0 Å². The van der Waals surface area contributed by atoms with Crippen LogP contribution in [0.2, 0.25) is 5.02 Å². The number of hydrogen-bond acceptors (Lipinski definition) is 2. The van der Waals surface area contributed by atoms with Crippen molar-refractivity contribution in [1.29, 1.82) is 0 Å². The summed E-state index contributed by atoms with van der Waals surface area (Å²) in [5, 5.41) is 3.92. The van der Waals surface area contributed by atoms with Gasteiger partial charge < -0.3 is 5.32 Å². The van der Waals surface area contributed by atoms with Crippen LogP contribution in [0.4, 0.5) is 5.69 Å². The van der Waals surface area contributed by atoms with Crippen molar-refractivity contribution in [3.05, 3.63) is 27.2 Å². The van der Waals surface area contributed by atoms with Crippen LogP contribution in [-0.2, 0) is 6.54 Å². The summed E-state index contributed by atoms with van der Waals surface area (Å²) in [5.74, 6) is 0.946. The van der Waals surface area contributed by atoms with E-state index in [1.54, 1.807) is 0 Å². The Labute approximate surface area is 90.1 Å². The fourth-order valence-electron chi connectivity index (χ4n) is 1.30. The molecule has 13 heavy (non-hydrogen) atoms. The van der Waals surface area contributed by atoms with Crippen LogP contribution in [0.5, 0.6) is 0 Å². The monoisotopic (exact) mass is 258 g/mol. The molecule has 1 N–H and O–H groups in total. The SMILES string of the molecule is CC1=NCc2c(ccc(Cl)c2Br)N1. The average molecular weight is 260 g/mol. The molecule has 1 heterocycles. The van der Waals surface area contributed by atoms with Gasteiger partial charge >= 0.3 is 0 Å². The lowest BCUT2D eigenvalue weighted by Gasteiger charge is -2.17. The summed E-state index contributed by atoms with van der Waals surface area (Å²) < 4.78 is 0.940. The number of aliphatic imine (C=N–C) groups is 1. The van der Waals surface area contributed by atoms with E-state index in [1.807, 2.05) is 19.1 Å². The number of amidine groups is 1. The Hall–Kier alpha value is -0.540. The minimum atomic E-state index is 0.690. The van der Waals surface area contributed by atoms with E-state index in [0.29, 0.717) is 6.54 Å². The Bertz CT molecular complexity index is 387. The van der Waals surface area contributed by atoms with E-state index in [1.165, 1.54) is 0 Å².